The van der Waals surface area contributed by atoms with Crippen LogP contribution in [0.25, 0.3) is 0 Å². The minimum Gasteiger partial charge on any atom is -0.480 e. The molecule has 0 aromatic rings. The molecular formula is C17H33N7O5S. The van der Waals surface area contributed by atoms with E-state index in [9.17, 15) is 24.3 Å². The Labute approximate surface area is 181 Å². The second kappa shape index (κ2) is 13.6. The summed E-state index contributed by atoms with van der Waals surface area (Å²) in [5.41, 5.74) is 16.0. The standard InChI is InChI=1S/C17H33N7O5S/c1-8(2)12(16(28)29)24-14(26)10(5-4-6-21-17(19)20)22-15(27)11(7-30)23-13(25)9(3)18/h8-12,30H,4-7,18H2,1-3H3,(H,22,27)(H,23,25)(H,24,26)(H,28,29)(H4,19,20,21). The fraction of sp³-hybridized carbons (Fsp3) is 0.706. The number of rotatable bonds is 13. The molecule has 0 saturated carbocycles. The maximum Gasteiger partial charge on any atom is 0.326 e. The first-order valence-electron chi connectivity index (χ1n) is 9.46. The first-order chi connectivity index (χ1) is 13.9. The molecule has 0 radical (unpaired) electrons. The van der Waals surface area contributed by atoms with E-state index in [-0.39, 0.29) is 30.6 Å². The van der Waals surface area contributed by atoms with Crippen LogP contribution in [0, 0.1) is 5.92 Å². The molecule has 0 rings (SSSR count). The molecule has 172 valence electrons. The summed E-state index contributed by atoms with van der Waals surface area (Å²) < 4.78 is 0. The maximum absolute atomic E-state index is 12.7. The van der Waals surface area contributed by atoms with Crippen molar-refractivity contribution in [2.24, 2.45) is 28.1 Å². The number of thiol groups is 1. The molecule has 13 heteroatoms. The zero-order valence-corrected chi connectivity index (χ0v) is 18.3. The Morgan fingerprint density at radius 2 is 1.50 bits per heavy atom. The van der Waals surface area contributed by atoms with Crippen molar-refractivity contribution in [1.29, 1.82) is 0 Å². The summed E-state index contributed by atoms with van der Waals surface area (Å²) in [5, 5.41) is 16.7. The normalized spacial score (nSPS) is 14.7. The zero-order chi connectivity index (χ0) is 23.4. The molecule has 3 amide bonds. The smallest absolute Gasteiger partial charge is 0.326 e. The maximum atomic E-state index is 12.7. The van der Waals surface area contributed by atoms with Crippen LogP contribution in [0.15, 0.2) is 4.99 Å². The van der Waals surface area contributed by atoms with Crippen molar-refractivity contribution in [3.8, 4) is 0 Å². The summed E-state index contributed by atoms with van der Waals surface area (Å²) >= 11 is 4.05. The Balaban J connectivity index is 5.32. The van der Waals surface area contributed by atoms with E-state index in [1.54, 1.807) is 13.8 Å². The number of nitrogens with zero attached hydrogens (tertiary/aromatic N) is 1. The van der Waals surface area contributed by atoms with Gasteiger partial charge in [0.15, 0.2) is 5.96 Å². The number of hydrogen-bond donors (Lipinski definition) is 8. The predicted molar refractivity (Wildman–Crippen MR) is 116 cm³/mol. The van der Waals surface area contributed by atoms with Gasteiger partial charge in [-0.25, -0.2) is 4.79 Å². The summed E-state index contributed by atoms with van der Waals surface area (Å²) in [4.78, 5) is 52.2. The number of carbonyl (C=O) groups is 4. The van der Waals surface area contributed by atoms with Gasteiger partial charge in [0.1, 0.15) is 18.1 Å². The molecule has 0 spiro atoms. The number of hydrogen-bond acceptors (Lipinski definition) is 7. The van der Waals surface area contributed by atoms with Crippen LogP contribution < -0.4 is 33.2 Å². The highest BCUT2D eigenvalue weighted by atomic mass is 32.1. The van der Waals surface area contributed by atoms with Gasteiger partial charge in [-0.2, -0.15) is 12.6 Å². The summed E-state index contributed by atoms with van der Waals surface area (Å²) in [7, 11) is 0. The van der Waals surface area contributed by atoms with Crippen LogP contribution in [-0.2, 0) is 19.2 Å². The predicted octanol–water partition coefficient (Wildman–Crippen LogP) is -2.49. The van der Waals surface area contributed by atoms with Crippen LogP contribution in [-0.4, -0.2) is 71.2 Å². The molecule has 0 aromatic heterocycles. The van der Waals surface area contributed by atoms with Crippen molar-refractivity contribution in [1.82, 2.24) is 16.0 Å². The molecule has 0 aliphatic carbocycles. The topological polar surface area (TPSA) is 215 Å². The number of nitrogens with two attached hydrogens (primary N) is 3. The van der Waals surface area contributed by atoms with Gasteiger partial charge >= 0.3 is 5.97 Å². The highest BCUT2D eigenvalue weighted by Crippen LogP contribution is 2.06. The van der Waals surface area contributed by atoms with Crippen LogP contribution in [0.4, 0.5) is 0 Å². The van der Waals surface area contributed by atoms with Crippen molar-refractivity contribution in [3.05, 3.63) is 0 Å². The van der Waals surface area contributed by atoms with Gasteiger partial charge in [-0.15, -0.1) is 0 Å². The molecule has 4 atom stereocenters. The molecule has 0 saturated heterocycles. The lowest BCUT2D eigenvalue weighted by molar-refractivity contribution is -0.143. The van der Waals surface area contributed by atoms with Crippen molar-refractivity contribution in [2.75, 3.05) is 12.3 Å². The van der Waals surface area contributed by atoms with Crippen LogP contribution in [0.3, 0.4) is 0 Å². The van der Waals surface area contributed by atoms with E-state index >= 15 is 0 Å². The van der Waals surface area contributed by atoms with Crippen LogP contribution in [0.1, 0.15) is 33.6 Å². The minimum atomic E-state index is -1.19. The van der Waals surface area contributed by atoms with Crippen molar-refractivity contribution in [2.45, 2.75) is 57.8 Å². The third kappa shape index (κ3) is 10.3. The second-order valence-electron chi connectivity index (χ2n) is 7.11. The van der Waals surface area contributed by atoms with Gasteiger partial charge in [0, 0.05) is 12.3 Å². The van der Waals surface area contributed by atoms with Gasteiger partial charge in [0.25, 0.3) is 0 Å². The largest absolute Gasteiger partial charge is 0.480 e. The Bertz CT molecular complexity index is 638. The van der Waals surface area contributed by atoms with Gasteiger partial charge in [-0.05, 0) is 25.7 Å². The summed E-state index contributed by atoms with van der Waals surface area (Å²) in [6.45, 7) is 4.96. The first-order valence-corrected chi connectivity index (χ1v) is 10.1. The Hall–Kier alpha value is -2.54. The fourth-order valence-electron chi connectivity index (χ4n) is 2.31. The van der Waals surface area contributed by atoms with Crippen molar-refractivity contribution >= 4 is 42.3 Å². The minimum absolute atomic E-state index is 0.0314. The molecule has 10 N–H and O–H groups in total. The van der Waals surface area contributed by atoms with Crippen LogP contribution in [0.2, 0.25) is 0 Å². The highest BCUT2D eigenvalue weighted by molar-refractivity contribution is 7.80. The monoisotopic (exact) mass is 447 g/mol. The van der Waals surface area contributed by atoms with E-state index in [0.29, 0.717) is 6.42 Å². The summed E-state index contributed by atoms with van der Waals surface area (Å²) in [6, 6.07) is -4.06. The Kier molecular flexibility index (Phi) is 12.5. The number of aliphatic carboxylic acids is 1. The molecule has 0 bridgehead atoms. The lowest BCUT2D eigenvalue weighted by atomic mass is 10.0. The lowest BCUT2D eigenvalue weighted by Crippen LogP contribution is -2.57. The molecule has 0 aromatic carbocycles. The Morgan fingerprint density at radius 3 is 1.93 bits per heavy atom. The zero-order valence-electron chi connectivity index (χ0n) is 17.4. The van der Waals surface area contributed by atoms with Gasteiger partial charge in [-0.1, -0.05) is 13.8 Å². The second-order valence-corrected chi connectivity index (χ2v) is 7.48. The van der Waals surface area contributed by atoms with Crippen molar-refractivity contribution in [3.63, 3.8) is 0 Å². The number of aliphatic imine (C=N–C) groups is 1. The number of carboxylic acid groups (broad SMARTS) is 1. The number of amides is 3. The van der Waals surface area contributed by atoms with Crippen molar-refractivity contribution < 1.29 is 24.3 Å². The number of nitrogens with one attached hydrogen (secondary N) is 3. The van der Waals surface area contributed by atoms with E-state index in [1.807, 2.05) is 0 Å². The molecule has 0 aliphatic heterocycles. The Morgan fingerprint density at radius 1 is 0.967 bits per heavy atom. The van der Waals surface area contributed by atoms with E-state index in [4.69, 9.17) is 17.2 Å². The van der Waals surface area contributed by atoms with Crippen LogP contribution >= 0.6 is 12.6 Å². The molecule has 30 heavy (non-hydrogen) atoms. The number of carbonyl (C=O) groups excluding carboxylic acids is 3. The van der Waals surface area contributed by atoms with Gasteiger partial charge in [0.05, 0.1) is 6.04 Å². The molecule has 0 heterocycles. The molecular weight excluding hydrogens is 414 g/mol. The van der Waals surface area contributed by atoms with Gasteiger partial charge in [-0.3, -0.25) is 19.4 Å². The van der Waals surface area contributed by atoms with E-state index in [0.717, 1.165) is 0 Å². The lowest BCUT2D eigenvalue weighted by Gasteiger charge is -2.25. The van der Waals surface area contributed by atoms with Gasteiger partial charge in [0.2, 0.25) is 17.7 Å². The molecule has 0 aliphatic rings. The molecule has 12 nitrogen and oxygen atoms in total. The van der Waals surface area contributed by atoms with E-state index in [1.165, 1.54) is 6.92 Å². The average Bonchev–Trinajstić information content (AvgIpc) is 2.64. The van der Waals surface area contributed by atoms with Gasteiger partial charge < -0.3 is 38.3 Å². The average molecular weight is 448 g/mol. The molecule has 4 unspecified atom stereocenters. The number of guanidine groups is 1. The first kappa shape index (κ1) is 27.5. The molecule has 0 fully saturated rings. The third-order valence-electron chi connectivity index (χ3n) is 4.04. The van der Waals surface area contributed by atoms with E-state index < -0.39 is 47.9 Å². The third-order valence-corrected chi connectivity index (χ3v) is 4.40. The number of carboxylic acids is 1. The SMILES string of the molecule is CC(N)C(=O)NC(CS)C(=O)NC(CCCN=C(N)N)C(=O)NC(C(=O)O)C(C)C. The van der Waals surface area contributed by atoms with Crippen LogP contribution in [0.5, 0.6) is 0 Å². The summed E-state index contributed by atoms with van der Waals surface area (Å²) in [5.74, 6) is -3.59. The van der Waals surface area contributed by atoms with E-state index in [2.05, 4.69) is 33.6 Å². The quantitative estimate of drug-likeness (QED) is 0.0652. The summed E-state index contributed by atoms with van der Waals surface area (Å²) in [6.07, 6.45) is 0.479. The highest BCUT2D eigenvalue weighted by Gasteiger charge is 2.30. The fourth-order valence-corrected chi connectivity index (χ4v) is 2.57.